The Bertz CT molecular complexity index is 1000. The zero-order chi connectivity index (χ0) is 16.5. The summed E-state index contributed by atoms with van der Waals surface area (Å²) in [5, 5.41) is 2.26. The number of rotatable bonds is 1. The van der Waals surface area contributed by atoms with Crippen LogP contribution < -0.4 is 4.74 Å². The molecule has 1 aromatic heterocycles. The van der Waals surface area contributed by atoms with Crippen LogP contribution in [0.3, 0.4) is 0 Å². The number of fused-ring (bicyclic) bond motifs is 2. The van der Waals surface area contributed by atoms with E-state index in [0.29, 0.717) is 6.42 Å². The molecule has 3 aromatic rings. The number of nitrogens with zero attached hydrogens (tertiary/aromatic N) is 1. The van der Waals surface area contributed by atoms with Crippen molar-refractivity contribution in [3.05, 3.63) is 65.5 Å². The van der Waals surface area contributed by atoms with Crippen LogP contribution in [-0.2, 0) is 6.54 Å². The molecule has 0 aliphatic carbocycles. The Morgan fingerprint density at radius 1 is 1.00 bits per heavy atom. The fraction of sp³-hybridized carbons (Fsp3) is 0.190. The SMILES string of the molecule is COc1ccc2cc(C#Cc3ccc4n3CCCC4=O)ccc2c1. The molecule has 0 amide bonds. The molecule has 0 spiro atoms. The summed E-state index contributed by atoms with van der Waals surface area (Å²) >= 11 is 0. The molecular weight excluding hydrogens is 298 g/mol. The van der Waals surface area contributed by atoms with Crippen molar-refractivity contribution in [3.63, 3.8) is 0 Å². The van der Waals surface area contributed by atoms with Gasteiger partial charge in [0.05, 0.1) is 18.5 Å². The monoisotopic (exact) mass is 315 g/mol. The fourth-order valence-electron chi connectivity index (χ4n) is 3.15. The molecule has 4 rings (SSSR count). The smallest absolute Gasteiger partial charge is 0.179 e. The van der Waals surface area contributed by atoms with Gasteiger partial charge in [0.15, 0.2) is 5.78 Å². The molecule has 0 fully saturated rings. The minimum atomic E-state index is 0.217. The molecule has 2 heterocycles. The van der Waals surface area contributed by atoms with Gasteiger partial charge in [0.2, 0.25) is 0 Å². The summed E-state index contributed by atoms with van der Waals surface area (Å²) in [6.45, 7) is 0.871. The molecule has 0 atom stereocenters. The van der Waals surface area contributed by atoms with Crippen molar-refractivity contribution < 1.29 is 9.53 Å². The predicted molar refractivity (Wildman–Crippen MR) is 94.5 cm³/mol. The van der Waals surface area contributed by atoms with Gasteiger partial charge in [-0.25, -0.2) is 0 Å². The van der Waals surface area contributed by atoms with Crippen molar-refractivity contribution in [3.8, 4) is 17.6 Å². The van der Waals surface area contributed by atoms with Gasteiger partial charge >= 0.3 is 0 Å². The van der Waals surface area contributed by atoms with Gasteiger partial charge in [0, 0.05) is 18.5 Å². The summed E-state index contributed by atoms with van der Waals surface area (Å²) < 4.78 is 7.28. The highest BCUT2D eigenvalue weighted by Crippen LogP contribution is 2.22. The van der Waals surface area contributed by atoms with Gasteiger partial charge in [-0.05, 0) is 59.5 Å². The largest absolute Gasteiger partial charge is 0.497 e. The van der Waals surface area contributed by atoms with Gasteiger partial charge in [-0.3, -0.25) is 4.79 Å². The molecule has 1 aliphatic rings. The minimum Gasteiger partial charge on any atom is -0.497 e. The van der Waals surface area contributed by atoms with Gasteiger partial charge in [-0.15, -0.1) is 0 Å². The van der Waals surface area contributed by atoms with Crippen LogP contribution in [0.2, 0.25) is 0 Å². The highest BCUT2D eigenvalue weighted by atomic mass is 16.5. The molecule has 3 heteroatoms. The van der Waals surface area contributed by atoms with Crippen molar-refractivity contribution in [2.45, 2.75) is 19.4 Å². The molecule has 0 unspecified atom stereocenters. The topological polar surface area (TPSA) is 31.2 Å². The lowest BCUT2D eigenvalue weighted by atomic mass is 10.1. The number of Topliss-reactive ketones (excluding diaryl/α,β-unsaturated/α-hetero) is 1. The first kappa shape index (κ1) is 14.6. The molecule has 0 bridgehead atoms. The maximum atomic E-state index is 11.9. The standard InChI is InChI=1S/C21H17NO2/c1-24-19-10-7-16-13-15(4-6-17(16)14-19)5-8-18-9-11-20-21(23)3-2-12-22(18)20/h4,6-7,9-11,13-14H,2-3,12H2,1H3. The quantitative estimate of drug-likeness (QED) is 0.635. The second-order valence-electron chi connectivity index (χ2n) is 5.96. The molecule has 118 valence electrons. The average molecular weight is 315 g/mol. The summed E-state index contributed by atoms with van der Waals surface area (Å²) in [6, 6.07) is 16.0. The third-order valence-corrected chi connectivity index (χ3v) is 4.43. The predicted octanol–water partition coefficient (Wildman–Crippen LogP) is 4.03. The molecule has 2 aromatic carbocycles. The molecule has 0 N–H and O–H groups in total. The molecular formula is C21H17NO2. The second kappa shape index (κ2) is 5.90. The lowest BCUT2D eigenvalue weighted by Gasteiger charge is -2.14. The van der Waals surface area contributed by atoms with Crippen molar-refractivity contribution >= 4 is 16.6 Å². The van der Waals surface area contributed by atoms with E-state index < -0.39 is 0 Å². The maximum absolute atomic E-state index is 11.9. The zero-order valence-electron chi connectivity index (χ0n) is 13.5. The minimum absolute atomic E-state index is 0.217. The van der Waals surface area contributed by atoms with Crippen LogP contribution in [-0.4, -0.2) is 17.5 Å². The van der Waals surface area contributed by atoms with E-state index in [2.05, 4.69) is 24.0 Å². The van der Waals surface area contributed by atoms with Crippen molar-refractivity contribution in [1.29, 1.82) is 0 Å². The number of hydrogen-bond acceptors (Lipinski definition) is 2. The normalized spacial score (nSPS) is 13.3. The van der Waals surface area contributed by atoms with Crippen LogP contribution in [0.5, 0.6) is 5.75 Å². The summed E-state index contributed by atoms with van der Waals surface area (Å²) in [5.41, 5.74) is 2.66. The van der Waals surface area contributed by atoms with E-state index in [0.717, 1.165) is 46.4 Å². The summed E-state index contributed by atoms with van der Waals surface area (Å²) in [5.74, 6) is 7.50. The third kappa shape index (κ3) is 2.57. The van der Waals surface area contributed by atoms with Crippen molar-refractivity contribution in [2.24, 2.45) is 0 Å². The van der Waals surface area contributed by atoms with Gasteiger partial charge in [0.25, 0.3) is 0 Å². The first-order chi connectivity index (χ1) is 11.7. The van der Waals surface area contributed by atoms with E-state index in [1.165, 1.54) is 0 Å². The van der Waals surface area contributed by atoms with E-state index in [1.807, 2.05) is 41.0 Å². The summed E-state index contributed by atoms with van der Waals surface area (Å²) in [4.78, 5) is 11.9. The number of ether oxygens (including phenoxy) is 1. The number of hydrogen-bond donors (Lipinski definition) is 0. The highest BCUT2D eigenvalue weighted by molar-refractivity contribution is 5.95. The first-order valence-corrected chi connectivity index (χ1v) is 8.07. The Kier molecular flexibility index (Phi) is 3.59. The number of methoxy groups -OCH3 is 1. The lowest BCUT2D eigenvalue weighted by molar-refractivity contribution is 0.0955. The van der Waals surface area contributed by atoms with E-state index in [9.17, 15) is 4.79 Å². The van der Waals surface area contributed by atoms with Crippen LogP contribution in [0.25, 0.3) is 10.8 Å². The number of carbonyl (C=O) groups is 1. The van der Waals surface area contributed by atoms with E-state index in [4.69, 9.17) is 4.74 Å². The van der Waals surface area contributed by atoms with Crippen LogP contribution in [0.1, 0.15) is 34.6 Å². The van der Waals surface area contributed by atoms with E-state index >= 15 is 0 Å². The highest BCUT2D eigenvalue weighted by Gasteiger charge is 2.18. The number of carbonyl (C=O) groups excluding carboxylic acids is 1. The van der Waals surface area contributed by atoms with Crippen LogP contribution >= 0.6 is 0 Å². The Morgan fingerprint density at radius 2 is 1.83 bits per heavy atom. The zero-order valence-corrected chi connectivity index (χ0v) is 13.5. The Morgan fingerprint density at radius 3 is 2.71 bits per heavy atom. The van der Waals surface area contributed by atoms with Crippen LogP contribution in [0.4, 0.5) is 0 Å². The van der Waals surface area contributed by atoms with Crippen molar-refractivity contribution in [2.75, 3.05) is 7.11 Å². The number of benzene rings is 2. The second-order valence-corrected chi connectivity index (χ2v) is 5.96. The van der Waals surface area contributed by atoms with Crippen LogP contribution in [0, 0.1) is 11.8 Å². The first-order valence-electron chi connectivity index (χ1n) is 8.07. The van der Waals surface area contributed by atoms with Gasteiger partial charge in [-0.2, -0.15) is 0 Å². The molecule has 0 saturated carbocycles. The molecule has 0 radical (unpaired) electrons. The Balaban J connectivity index is 1.68. The average Bonchev–Trinajstić information content (AvgIpc) is 3.04. The number of ketones is 1. The third-order valence-electron chi connectivity index (χ3n) is 4.43. The summed E-state index contributed by atoms with van der Waals surface area (Å²) in [7, 11) is 1.67. The molecule has 3 nitrogen and oxygen atoms in total. The maximum Gasteiger partial charge on any atom is 0.179 e. The van der Waals surface area contributed by atoms with Gasteiger partial charge in [-0.1, -0.05) is 18.1 Å². The number of aromatic nitrogens is 1. The lowest BCUT2D eigenvalue weighted by Crippen LogP contribution is -2.17. The van der Waals surface area contributed by atoms with Gasteiger partial charge in [0.1, 0.15) is 5.75 Å². The Labute approximate surface area is 140 Å². The fourth-order valence-corrected chi connectivity index (χ4v) is 3.15. The van der Waals surface area contributed by atoms with Crippen molar-refractivity contribution in [1.82, 2.24) is 4.57 Å². The van der Waals surface area contributed by atoms with E-state index in [-0.39, 0.29) is 5.78 Å². The molecule has 24 heavy (non-hydrogen) atoms. The van der Waals surface area contributed by atoms with Gasteiger partial charge < -0.3 is 9.30 Å². The molecule has 1 aliphatic heterocycles. The Hall–Kier alpha value is -2.99. The van der Waals surface area contributed by atoms with Crippen LogP contribution in [0.15, 0.2) is 48.5 Å². The van der Waals surface area contributed by atoms with E-state index in [1.54, 1.807) is 7.11 Å². The molecule has 0 saturated heterocycles. The summed E-state index contributed by atoms with van der Waals surface area (Å²) in [6.07, 6.45) is 1.54.